The molecule has 4 rings (SSSR count). The predicted octanol–water partition coefficient (Wildman–Crippen LogP) is 3.24. The van der Waals surface area contributed by atoms with Gasteiger partial charge in [0, 0.05) is 23.4 Å². The normalized spacial score (nSPS) is 18.2. The third-order valence-corrected chi connectivity index (χ3v) is 4.85. The van der Waals surface area contributed by atoms with Gasteiger partial charge in [0.15, 0.2) is 5.16 Å². The van der Waals surface area contributed by atoms with Gasteiger partial charge in [-0.1, -0.05) is 0 Å². The van der Waals surface area contributed by atoms with Crippen LogP contribution in [0.1, 0.15) is 49.0 Å². The number of hydrogen-bond donors (Lipinski definition) is 1. The topological polar surface area (TPSA) is 56.7 Å². The second-order valence-electron chi connectivity index (χ2n) is 5.82. The molecular formula is C15H17FN4S. The van der Waals surface area contributed by atoms with Gasteiger partial charge < -0.3 is 10.3 Å². The van der Waals surface area contributed by atoms with E-state index in [4.69, 9.17) is 5.73 Å². The number of hydrogen-bond acceptors (Lipinski definition) is 4. The third-order valence-electron chi connectivity index (χ3n) is 3.92. The molecule has 0 amide bonds. The molecule has 21 heavy (non-hydrogen) atoms. The van der Waals surface area contributed by atoms with Crippen LogP contribution in [0, 0.1) is 5.82 Å². The lowest BCUT2D eigenvalue weighted by Gasteiger charge is -2.08. The molecule has 0 bridgehead atoms. The first-order valence-electron chi connectivity index (χ1n) is 7.37. The van der Waals surface area contributed by atoms with Crippen molar-refractivity contribution in [2.75, 3.05) is 0 Å². The van der Waals surface area contributed by atoms with E-state index in [1.165, 1.54) is 49.6 Å². The maximum absolute atomic E-state index is 13.6. The molecular weight excluding hydrogens is 287 g/mol. The van der Waals surface area contributed by atoms with Crippen LogP contribution >= 0.6 is 11.8 Å². The van der Waals surface area contributed by atoms with Gasteiger partial charge in [0.2, 0.25) is 0 Å². The molecule has 2 aliphatic carbocycles. The lowest BCUT2D eigenvalue weighted by Crippen LogP contribution is -2.02. The lowest BCUT2D eigenvalue weighted by atomic mass is 10.2. The monoisotopic (exact) mass is 304 g/mol. The molecule has 0 atom stereocenters. The van der Waals surface area contributed by atoms with Crippen LogP contribution in [-0.4, -0.2) is 14.8 Å². The molecule has 1 aromatic heterocycles. The molecule has 0 saturated heterocycles. The average molecular weight is 304 g/mol. The molecule has 0 unspecified atom stereocenters. The van der Waals surface area contributed by atoms with Crippen molar-refractivity contribution in [3.63, 3.8) is 0 Å². The van der Waals surface area contributed by atoms with Crippen LogP contribution in [0.5, 0.6) is 0 Å². The Labute approximate surface area is 126 Å². The number of benzene rings is 1. The molecule has 1 aromatic carbocycles. The van der Waals surface area contributed by atoms with E-state index in [2.05, 4.69) is 14.8 Å². The highest BCUT2D eigenvalue weighted by molar-refractivity contribution is 7.99. The van der Waals surface area contributed by atoms with E-state index < -0.39 is 0 Å². The zero-order valence-electron chi connectivity index (χ0n) is 11.6. The summed E-state index contributed by atoms with van der Waals surface area (Å²) in [6.45, 7) is 0.341. The van der Waals surface area contributed by atoms with Gasteiger partial charge >= 0.3 is 0 Å². The Balaban J connectivity index is 1.66. The maximum atomic E-state index is 13.6. The smallest absolute Gasteiger partial charge is 0.196 e. The Morgan fingerprint density at radius 3 is 2.67 bits per heavy atom. The van der Waals surface area contributed by atoms with Gasteiger partial charge in [-0.05, 0) is 61.2 Å². The first-order valence-corrected chi connectivity index (χ1v) is 8.18. The van der Waals surface area contributed by atoms with Crippen molar-refractivity contribution in [3.8, 4) is 0 Å². The van der Waals surface area contributed by atoms with Crippen LogP contribution in [-0.2, 0) is 6.54 Å². The lowest BCUT2D eigenvalue weighted by molar-refractivity contribution is 0.619. The van der Waals surface area contributed by atoms with E-state index in [0.717, 1.165) is 21.4 Å². The second-order valence-corrected chi connectivity index (χ2v) is 6.86. The summed E-state index contributed by atoms with van der Waals surface area (Å²) in [7, 11) is 0. The van der Waals surface area contributed by atoms with Gasteiger partial charge in [0.25, 0.3) is 0 Å². The highest BCUT2D eigenvalue weighted by Gasteiger charge is 2.36. The van der Waals surface area contributed by atoms with E-state index in [1.807, 2.05) is 6.07 Å². The van der Waals surface area contributed by atoms with E-state index in [0.29, 0.717) is 18.5 Å². The van der Waals surface area contributed by atoms with E-state index in [-0.39, 0.29) is 5.82 Å². The Morgan fingerprint density at radius 2 is 2.00 bits per heavy atom. The fourth-order valence-corrected chi connectivity index (χ4v) is 3.57. The van der Waals surface area contributed by atoms with Gasteiger partial charge in [0.1, 0.15) is 11.6 Å². The number of aromatic nitrogens is 3. The minimum Gasteiger partial charge on any atom is -0.326 e. The minimum atomic E-state index is -0.250. The van der Waals surface area contributed by atoms with Gasteiger partial charge in [-0.25, -0.2) is 4.39 Å². The van der Waals surface area contributed by atoms with Crippen molar-refractivity contribution in [1.82, 2.24) is 14.8 Å². The molecule has 0 spiro atoms. The van der Waals surface area contributed by atoms with Gasteiger partial charge in [0.05, 0.1) is 0 Å². The standard InChI is InChI=1S/C15H17FN4S/c16-11-5-9(8-17)6-13(7-11)21-15-19-18-14(10-1-2-10)20(15)12-3-4-12/h5-7,10,12H,1-4,8,17H2. The van der Waals surface area contributed by atoms with Gasteiger partial charge in [-0.2, -0.15) is 0 Å². The molecule has 4 nitrogen and oxygen atoms in total. The molecule has 2 fully saturated rings. The maximum Gasteiger partial charge on any atom is 0.196 e. The summed E-state index contributed by atoms with van der Waals surface area (Å²) in [5, 5.41) is 9.60. The average Bonchev–Trinajstić information content (AvgIpc) is 3.37. The second kappa shape index (κ2) is 5.10. The summed E-state index contributed by atoms with van der Waals surface area (Å²) in [6, 6.07) is 5.48. The number of nitrogens with zero attached hydrogens (tertiary/aromatic N) is 3. The fourth-order valence-electron chi connectivity index (χ4n) is 2.56. The zero-order valence-corrected chi connectivity index (χ0v) is 12.4. The highest BCUT2D eigenvalue weighted by atomic mass is 32.2. The summed E-state index contributed by atoms with van der Waals surface area (Å²) in [6.07, 6.45) is 4.82. The van der Waals surface area contributed by atoms with Crippen molar-refractivity contribution in [2.24, 2.45) is 5.73 Å². The molecule has 2 N–H and O–H groups in total. The summed E-state index contributed by atoms with van der Waals surface area (Å²) in [5.74, 6) is 1.45. The Bertz CT molecular complexity index is 676. The van der Waals surface area contributed by atoms with Gasteiger partial charge in [-0.3, -0.25) is 0 Å². The van der Waals surface area contributed by atoms with Crippen LogP contribution in [0.25, 0.3) is 0 Å². The van der Waals surface area contributed by atoms with Crippen molar-refractivity contribution in [3.05, 3.63) is 35.4 Å². The summed E-state index contributed by atoms with van der Waals surface area (Å²) < 4.78 is 15.9. The van der Waals surface area contributed by atoms with E-state index >= 15 is 0 Å². The zero-order chi connectivity index (χ0) is 14.4. The van der Waals surface area contributed by atoms with E-state index in [1.54, 1.807) is 0 Å². The van der Waals surface area contributed by atoms with Crippen molar-refractivity contribution >= 4 is 11.8 Å². The molecule has 1 heterocycles. The SMILES string of the molecule is NCc1cc(F)cc(Sc2nnc(C3CC3)n2C2CC2)c1. The summed E-state index contributed by atoms with van der Waals surface area (Å²) >= 11 is 1.49. The number of nitrogens with two attached hydrogens (primary N) is 1. The number of halogens is 1. The van der Waals surface area contributed by atoms with E-state index in [9.17, 15) is 4.39 Å². The largest absolute Gasteiger partial charge is 0.326 e. The molecule has 6 heteroatoms. The quantitative estimate of drug-likeness (QED) is 0.921. The van der Waals surface area contributed by atoms with Crippen LogP contribution in [0.15, 0.2) is 28.3 Å². The first-order chi connectivity index (χ1) is 10.2. The number of rotatable bonds is 5. The Morgan fingerprint density at radius 1 is 1.19 bits per heavy atom. The van der Waals surface area contributed by atoms with Crippen LogP contribution < -0.4 is 5.73 Å². The molecule has 0 aliphatic heterocycles. The van der Waals surface area contributed by atoms with Gasteiger partial charge in [-0.15, -0.1) is 10.2 Å². The van der Waals surface area contributed by atoms with Crippen LogP contribution in [0.4, 0.5) is 4.39 Å². The predicted molar refractivity (Wildman–Crippen MR) is 78.7 cm³/mol. The molecule has 110 valence electrons. The van der Waals surface area contributed by atoms with Crippen LogP contribution in [0.3, 0.4) is 0 Å². The minimum absolute atomic E-state index is 0.250. The Kier molecular flexibility index (Phi) is 3.23. The molecule has 2 saturated carbocycles. The molecule has 2 aliphatic rings. The summed E-state index contributed by atoms with van der Waals surface area (Å²) in [4.78, 5) is 0.840. The summed E-state index contributed by atoms with van der Waals surface area (Å²) in [5.41, 5.74) is 6.42. The molecule has 2 aromatic rings. The first kappa shape index (κ1) is 13.3. The fraction of sp³-hybridized carbons (Fsp3) is 0.467. The molecule has 0 radical (unpaired) electrons. The highest BCUT2D eigenvalue weighted by Crippen LogP contribution is 2.46. The van der Waals surface area contributed by atoms with Crippen molar-refractivity contribution in [2.45, 2.75) is 54.2 Å². The Hall–Kier alpha value is -1.40. The third kappa shape index (κ3) is 2.70. The van der Waals surface area contributed by atoms with Crippen LogP contribution in [0.2, 0.25) is 0 Å². The van der Waals surface area contributed by atoms with Crippen molar-refractivity contribution < 1.29 is 4.39 Å². The van der Waals surface area contributed by atoms with Crippen molar-refractivity contribution in [1.29, 1.82) is 0 Å².